The highest BCUT2D eigenvalue weighted by Crippen LogP contribution is 2.50. The lowest BCUT2D eigenvalue weighted by atomic mass is 9.98. The van der Waals surface area contributed by atoms with Crippen molar-refractivity contribution in [1.82, 2.24) is 0 Å². The highest BCUT2D eigenvalue weighted by Gasteiger charge is 2.23. The second kappa shape index (κ2) is 12.2. The fraction of sp³-hybridized carbons (Fsp3) is 0. The highest BCUT2D eigenvalue weighted by atomic mass is 32.1. The van der Waals surface area contributed by atoms with E-state index >= 15 is 0 Å². The van der Waals surface area contributed by atoms with Gasteiger partial charge in [-0.15, -0.1) is 11.3 Å². The number of para-hydroxylation sites is 1. The monoisotopic (exact) mass is 669 g/mol. The number of rotatable bonds is 6. The van der Waals surface area contributed by atoms with Gasteiger partial charge in [-0.05, 0) is 70.3 Å². The summed E-state index contributed by atoms with van der Waals surface area (Å²) in [5.41, 5.74) is 12.3. The summed E-state index contributed by atoms with van der Waals surface area (Å²) in [6.07, 6.45) is 0. The van der Waals surface area contributed by atoms with Crippen LogP contribution in [0.3, 0.4) is 0 Å². The van der Waals surface area contributed by atoms with Crippen molar-refractivity contribution >= 4 is 70.5 Å². The zero-order valence-electron chi connectivity index (χ0n) is 27.7. The van der Waals surface area contributed by atoms with Crippen molar-refractivity contribution in [2.45, 2.75) is 0 Å². The Balaban J connectivity index is 1.19. The lowest BCUT2D eigenvalue weighted by Crippen LogP contribution is -2.11. The zero-order chi connectivity index (χ0) is 33.7. The Morgan fingerprint density at radius 1 is 0.373 bits per heavy atom. The van der Waals surface area contributed by atoms with E-state index in [-0.39, 0.29) is 0 Å². The molecule has 51 heavy (non-hydrogen) atoms. The van der Waals surface area contributed by atoms with Crippen molar-refractivity contribution in [2.75, 3.05) is 4.90 Å². The standard InChI is InChI=1S/C48H31NOS/c1-3-11-32(12-4-1)33-19-21-34(22-20-33)35-23-25-37(26-24-35)49(38-27-30-45-43(31-38)40-15-7-9-17-44(40)50-45)47-39(36-13-5-2-6-14-36)28-29-42-41-16-8-10-18-46(41)51-48(42)47/h1-31H. The molecule has 2 nitrogen and oxygen atoms in total. The minimum atomic E-state index is 0.887. The number of furan rings is 1. The van der Waals surface area contributed by atoms with Crippen LogP contribution in [0.2, 0.25) is 0 Å². The summed E-state index contributed by atoms with van der Waals surface area (Å²) in [4.78, 5) is 2.45. The van der Waals surface area contributed by atoms with E-state index in [9.17, 15) is 0 Å². The maximum absolute atomic E-state index is 6.29. The van der Waals surface area contributed by atoms with Crippen LogP contribution in [0, 0.1) is 0 Å². The van der Waals surface area contributed by atoms with Crippen LogP contribution in [0.15, 0.2) is 192 Å². The molecule has 0 fully saturated rings. The van der Waals surface area contributed by atoms with Crippen LogP contribution < -0.4 is 4.90 Å². The molecule has 3 heteroatoms. The molecule has 10 aromatic rings. The summed E-state index contributed by atoms with van der Waals surface area (Å²) in [7, 11) is 0. The number of fused-ring (bicyclic) bond motifs is 6. The van der Waals surface area contributed by atoms with E-state index in [4.69, 9.17) is 4.42 Å². The smallest absolute Gasteiger partial charge is 0.135 e. The SMILES string of the molecule is c1ccc(-c2ccc(-c3ccc(N(c4ccc5oc6ccccc6c5c4)c4c(-c5ccccc5)ccc5c4sc4ccccc45)cc3)cc2)cc1. The van der Waals surface area contributed by atoms with Gasteiger partial charge in [0.05, 0.1) is 10.4 Å². The fourth-order valence-corrected chi connectivity index (χ4v) is 8.64. The molecule has 0 amide bonds. The molecule has 0 N–H and O–H groups in total. The van der Waals surface area contributed by atoms with Gasteiger partial charge in [0.25, 0.3) is 0 Å². The van der Waals surface area contributed by atoms with Gasteiger partial charge in [-0.25, -0.2) is 0 Å². The Labute approximate surface area is 300 Å². The van der Waals surface area contributed by atoms with Gasteiger partial charge in [0.2, 0.25) is 0 Å². The minimum Gasteiger partial charge on any atom is -0.456 e. The first-order valence-corrected chi connectivity index (χ1v) is 18.1. The van der Waals surface area contributed by atoms with Gasteiger partial charge in [0.1, 0.15) is 11.2 Å². The molecule has 0 unspecified atom stereocenters. The summed E-state index contributed by atoms with van der Waals surface area (Å²) < 4.78 is 8.83. The van der Waals surface area contributed by atoms with Crippen molar-refractivity contribution in [2.24, 2.45) is 0 Å². The van der Waals surface area contributed by atoms with Crippen molar-refractivity contribution in [3.05, 3.63) is 188 Å². The Hall–Kier alpha value is -6.42. The first-order chi connectivity index (χ1) is 25.3. The van der Waals surface area contributed by atoms with Gasteiger partial charge < -0.3 is 9.32 Å². The molecule has 0 saturated carbocycles. The molecule has 10 rings (SSSR count). The van der Waals surface area contributed by atoms with E-state index in [1.807, 2.05) is 23.5 Å². The van der Waals surface area contributed by atoms with Gasteiger partial charge in [-0.1, -0.05) is 146 Å². The van der Waals surface area contributed by atoms with Crippen LogP contribution in [-0.2, 0) is 0 Å². The quantitative estimate of drug-likeness (QED) is 0.175. The van der Waals surface area contributed by atoms with Crippen molar-refractivity contribution in [3.63, 3.8) is 0 Å². The summed E-state index contributed by atoms with van der Waals surface area (Å²) in [5, 5.41) is 4.77. The first kappa shape index (κ1) is 29.5. The van der Waals surface area contributed by atoms with Crippen LogP contribution in [0.1, 0.15) is 0 Å². The van der Waals surface area contributed by atoms with Crippen molar-refractivity contribution < 1.29 is 4.42 Å². The molecule has 0 aliphatic heterocycles. The van der Waals surface area contributed by atoms with Crippen molar-refractivity contribution in [3.8, 4) is 33.4 Å². The number of thiophene rings is 1. The van der Waals surface area contributed by atoms with Gasteiger partial charge in [0.15, 0.2) is 0 Å². The van der Waals surface area contributed by atoms with E-state index in [1.165, 1.54) is 59.2 Å². The van der Waals surface area contributed by atoms with Crippen LogP contribution in [0.5, 0.6) is 0 Å². The van der Waals surface area contributed by atoms with Crippen molar-refractivity contribution in [1.29, 1.82) is 0 Å². The average molecular weight is 670 g/mol. The summed E-state index contributed by atoms with van der Waals surface area (Å²) in [6, 6.07) is 67.5. The fourth-order valence-electron chi connectivity index (χ4n) is 7.40. The maximum Gasteiger partial charge on any atom is 0.135 e. The number of hydrogen-bond acceptors (Lipinski definition) is 3. The number of nitrogens with zero attached hydrogens (tertiary/aromatic N) is 1. The molecule has 0 saturated heterocycles. The lowest BCUT2D eigenvalue weighted by molar-refractivity contribution is 0.669. The highest BCUT2D eigenvalue weighted by molar-refractivity contribution is 7.26. The lowest BCUT2D eigenvalue weighted by Gasteiger charge is -2.29. The van der Waals surface area contributed by atoms with Crippen LogP contribution in [0.25, 0.3) is 75.5 Å². The van der Waals surface area contributed by atoms with E-state index in [0.717, 1.165) is 33.3 Å². The number of anilines is 3. The molecule has 8 aromatic carbocycles. The van der Waals surface area contributed by atoms with E-state index in [1.54, 1.807) is 0 Å². The third-order valence-corrected chi connectivity index (χ3v) is 11.1. The molecule has 0 aliphatic carbocycles. The molecule has 240 valence electrons. The zero-order valence-corrected chi connectivity index (χ0v) is 28.5. The minimum absolute atomic E-state index is 0.887. The van der Waals surface area contributed by atoms with Crippen LogP contribution in [0.4, 0.5) is 17.1 Å². The first-order valence-electron chi connectivity index (χ1n) is 17.3. The van der Waals surface area contributed by atoms with Gasteiger partial charge >= 0.3 is 0 Å². The van der Waals surface area contributed by atoms with Crippen LogP contribution in [-0.4, -0.2) is 0 Å². The predicted molar refractivity (Wildman–Crippen MR) is 218 cm³/mol. The molecule has 2 aromatic heterocycles. The van der Waals surface area contributed by atoms with E-state index in [0.29, 0.717) is 0 Å². The Morgan fingerprint density at radius 3 is 1.65 bits per heavy atom. The summed E-state index contributed by atoms with van der Waals surface area (Å²) >= 11 is 1.86. The average Bonchev–Trinajstić information content (AvgIpc) is 3.78. The summed E-state index contributed by atoms with van der Waals surface area (Å²) in [5.74, 6) is 0. The Bertz CT molecular complexity index is 2830. The van der Waals surface area contributed by atoms with Crippen LogP contribution >= 0.6 is 11.3 Å². The maximum atomic E-state index is 6.29. The van der Waals surface area contributed by atoms with Gasteiger partial charge in [-0.2, -0.15) is 0 Å². The Kier molecular flexibility index (Phi) is 7.04. The molecule has 0 radical (unpaired) electrons. The number of benzene rings is 8. The van der Waals surface area contributed by atoms with Gasteiger partial charge in [-0.3, -0.25) is 0 Å². The van der Waals surface area contributed by atoms with E-state index in [2.05, 4.69) is 181 Å². The second-order valence-electron chi connectivity index (χ2n) is 12.9. The van der Waals surface area contributed by atoms with Gasteiger partial charge in [0, 0.05) is 43.2 Å². The summed E-state index contributed by atoms with van der Waals surface area (Å²) in [6.45, 7) is 0. The molecular formula is C48H31NOS. The Morgan fingerprint density at radius 2 is 0.922 bits per heavy atom. The number of hydrogen-bond donors (Lipinski definition) is 0. The third kappa shape index (κ3) is 5.10. The predicted octanol–water partition coefficient (Wildman–Crippen LogP) is 14.4. The third-order valence-electron chi connectivity index (χ3n) is 9.90. The molecule has 0 aliphatic rings. The second-order valence-corrected chi connectivity index (χ2v) is 14.0. The molecule has 2 heterocycles. The normalized spacial score (nSPS) is 11.5. The molecule has 0 atom stereocenters. The molecule has 0 bridgehead atoms. The largest absolute Gasteiger partial charge is 0.456 e. The molecular weight excluding hydrogens is 639 g/mol. The molecule has 0 spiro atoms. The van der Waals surface area contributed by atoms with E-state index < -0.39 is 0 Å². The topological polar surface area (TPSA) is 16.4 Å².